The molecule has 3 heteroatoms. The molecule has 0 bridgehead atoms. The zero-order valence-electron chi connectivity index (χ0n) is 23.3. The van der Waals surface area contributed by atoms with Crippen molar-refractivity contribution < 1.29 is 9.52 Å². The number of hydrogen-bond acceptors (Lipinski definition) is 3. The molecule has 0 aliphatic carbocycles. The summed E-state index contributed by atoms with van der Waals surface area (Å²) in [6.45, 7) is 0. The molecule has 0 saturated heterocycles. The van der Waals surface area contributed by atoms with E-state index in [0.29, 0.717) is 0 Å². The molecule has 0 radical (unpaired) electrons. The molecule has 8 rings (SSSR count). The van der Waals surface area contributed by atoms with Crippen LogP contribution >= 0.6 is 0 Å². The lowest BCUT2D eigenvalue weighted by Crippen LogP contribution is -2.11. The molecule has 0 atom stereocenters. The molecule has 7 aromatic carbocycles. The first kappa shape index (κ1) is 25.0. The van der Waals surface area contributed by atoms with E-state index in [1.54, 1.807) is 6.07 Å². The summed E-state index contributed by atoms with van der Waals surface area (Å²) in [5, 5.41) is 15.2. The minimum Gasteiger partial charge on any atom is -0.507 e. The van der Waals surface area contributed by atoms with Crippen molar-refractivity contribution in [3.8, 4) is 28.0 Å². The van der Waals surface area contributed by atoms with Crippen LogP contribution in [-0.4, -0.2) is 5.11 Å². The van der Waals surface area contributed by atoms with Gasteiger partial charge in [-0.15, -0.1) is 0 Å². The van der Waals surface area contributed by atoms with Crippen LogP contribution in [0.3, 0.4) is 0 Å². The van der Waals surface area contributed by atoms with Crippen LogP contribution < -0.4 is 4.90 Å². The van der Waals surface area contributed by atoms with Gasteiger partial charge < -0.3 is 14.4 Å². The number of phenolic OH excluding ortho intramolecular Hbond substituents is 1. The fourth-order valence-electron chi connectivity index (χ4n) is 6.17. The van der Waals surface area contributed by atoms with E-state index in [1.165, 1.54) is 0 Å². The predicted molar refractivity (Wildman–Crippen MR) is 178 cm³/mol. The fourth-order valence-corrected chi connectivity index (χ4v) is 6.17. The van der Waals surface area contributed by atoms with E-state index in [0.717, 1.165) is 72.0 Å². The Labute approximate surface area is 249 Å². The summed E-state index contributed by atoms with van der Waals surface area (Å²) in [5.74, 6) is 0.256. The zero-order valence-corrected chi connectivity index (χ0v) is 23.3. The normalized spacial score (nSPS) is 11.3. The lowest BCUT2D eigenvalue weighted by molar-refractivity contribution is 0.477. The molecular weight excluding hydrogens is 526 g/mol. The molecule has 43 heavy (non-hydrogen) atoms. The van der Waals surface area contributed by atoms with E-state index < -0.39 is 0 Å². The van der Waals surface area contributed by atoms with Crippen molar-refractivity contribution in [3.63, 3.8) is 0 Å². The largest absolute Gasteiger partial charge is 0.507 e. The molecular formula is C40H27NO2. The Kier molecular flexibility index (Phi) is 5.94. The summed E-state index contributed by atoms with van der Waals surface area (Å²) in [4.78, 5) is 2.30. The molecule has 1 heterocycles. The van der Waals surface area contributed by atoms with Crippen LogP contribution in [0.5, 0.6) is 5.75 Å². The quantitative estimate of drug-likeness (QED) is 0.230. The second-order valence-corrected chi connectivity index (χ2v) is 10.7. The zero-order chi connectivity index (χ0) is 28.8. The van der Waals surface area contributed by atoms with Gasteiger partial charge in [-0.3, -0.25) is 0 Å². The first-order valence-corrected chi connectivity index (χ1v) is 14.4. The van der Waals surface area contributed by atoms with Crippen molar-refractivity contribution in [2.75, 3.05) is 4.90 Å². The maximum absolute atomic E-state index is 10.7. The lowest BCUT2D eigenvalue weighted by Gasteiger charge is -2.28. The minimum absolute atomic E-state index is 0.256. The molecule has 0 aliphatic rings. The highest BCUT2D eigenvalue weighted by Crippen LogP contribution is 2.45. The van der Waals surface area contributed by atoms with Gasteiger partial charge in [0.2, 0.25) is 0 Å². The first-order valence-electron chi connectivity index (χ1n) is 14.4. The van der Waals surface area contributed by atoms with Crippen LogP contribution in [0, 0.1) is 0 Å². The summed E-state index contributed by atoms with van der Waals surface area (Å²) in [6, 6.07) is 53.9. The number of furan rings is 1. The van der Waals surface area contributed by atoms with Gasteiger partial charge in [0, 0.05) is 39.2 Å². The molecule has 3 nitrogen and oxygen atoms in total. The van der Waals surface area contributed by atoms with Crippen molar-refractivity contribution >= 4 is 49.8 Å². The van der Waals surface area contributed by atoms with Gasteiger partial charge in [-0.25, -0.2) is 0 Å². The van der Waals surface area contributed by atoms with E-state index in [-0.39, 0.29) is 5.75 Å². The van der Waals surface area contributed by atoms with Gasteiger partial charge in [-0.1, -0.05) is 115 Å². The van der Waals surface area contributed by atoms with Gasteiger partial charge in [0.1, 0.15) is 16.9 Å². The highest BCUT2D eigenvalue weighted by Gasteiger charge is 2.21. The highest BCUT2D eigenvalue weighted by atomic mass is 16.3. The number of benzene rings is 7. The molecule has 0 saturated carbocycles. The predicted octanol–water partition coefficient (Wildman–Crippen LogP) is 11.2. The van der Waals surface area contributed by atoms with Crippen molar-refractivity contribution in [1.29, 1.82) is 0 Å². The van der Waals surface area contributed by atoms with Crippen LogP contribution in [0.25, 0.3) is 55.0 Å². The highest BCUT2D eigenvalue weighted by molar-refractivity contribution is 6.22. The van der Waals surface area contributed by atoms with E-state index in [4.69, 9.17) is 4.42 Å². The van der Waals surface area contributed by atoms with Crippen LogP contribution in [-0.2, 0) is 0 Å². The SMILES string of the molecule is Oc1ccccc1-c1cccc(N(c2cccc(-c3ccccc3)c2)c2cc3oc4ccccc4c3c3ccccc23)c1. The third-order valence-corrected chi connectivity index (χ3v) is 8.13. The van der Waals surface area contributed by atoms with E-state index in [1.807, 2.05) is 48.5 Å². The molecule has 1 aromatic heterocycles. The lowest BCUT2D eigenvalue weighted by atomic mass is 9.99. The third kappa shape index (κ3) is 4.30. The summed E-state index contributed by atoms with van der Waals surface area (Å²) < 4.78 is 6.47. The van der Waals surface area contributed by atoms with E-state index in [9.17, 15) is 5.11 Å². The van der Waals surface area contributed by atoms with Crippen LogP contribution in [0.2, 0.25) is 0 Å². The van der Waals surface area contributed by atoms with Gasteiger partial charge in [0.15, 0.2) is 0 Å². The van der Waals surface area contributed by atoms with Crippen molar-refractivity contribution in [3.05, 3.63) is 158 Å². The van der Waals surface area contributed by atoms with Crippen molar-refractivity contribution in [2.24, 2.45) is 0 Å². The van der Waals surface area contributed by atoms with Gasteiger partial charge >= 0.3 is 0 Å². The molecule has 0 spiro atoms. The molecule has 0 amide bonds. The molecule has 0 unspecified atom stereocenters. The van der Waals surface area contributed by atoms with Crippen molar-refractivity contribution in [2.45, 2.75) is 0 Å². The Balaban J connectivity index is 1.42. The van der Waals surface area contributed by atoms with Gasteiger partial charge in [0.05, 0.1) is 5.69 Å². The standard InChI is InChI=1S/C40H27NO2/c42-37-22-8-6-18-32(37)29-15-11-17-31(25-29)41(30-16-10-14-28(24-30)27-12-2-1-3-13-27)36-26-39-40(34-20-5-4-19-33(34)36)35-21-7-9-23-38(35)43-39/h1-26,42H. The number of hydrogen-bond donors (Lipinski definition) is 1. The van der Waals surface area contributed by atoms with Crippen molar-refractivity contribution in [1.82, 2.24) is 0 Å². The fraction of sp³-hybridized carbons (Fsp3) is 0. The van der Waals surface area contributed by atoms with Crippen LogP contribution in [0.15, 0.2) is 162 Å². The summed E-state index contributed by atoms with van der Waals surface area (Å²) in [6.07, 6.45) is 0. The Hall–Kier alpha value is -5.80. The maximum atomic E-state index is 10.7. The average molecular weight is 554 g/mol. The second kappa shape index (κ2) is 10.2. The maximum Gasteiger partial charge on any atom is 0.138 e. The number of phenols is 1. The van der Waals surface area contributed by atoms with Gasteiger partial charge in [-0.2, -0.15) is 0 Å². The molecule has 1 N–H and O–H groups in total. The van der Waals surface area contributed by atoms with Crippen LogP contribution in [0.1, 0.15) is 0 Å². The molecule has 204 valence electrons. The molecule has 8 aromatic rings. The minimum atomic E-state index is 0.256. The van der Waals surface area contributed by atoms with Gasteiger partial charge in [0.25, 0.3) is 0 Å². The van der Waals surface area contributed by atoms with Gasteiger partial charge in [-0.05, 0) is 58.5 Å². The Morgan fingerprint density at radius 1 is 0.442 bits per heavy atom. The summed E-state index contributed by atoms with van der Waals surface area (Å²) in [7, 11) is 0. The number of aromatic hydroxyl groups is 1. The van der Waals surface area contributed by atoms with E-state index in [2.05, 4.69) is 108 Å². The smallest absolute Gasteiger partial charge is 0.138 e. The Bertz CT molecular complexity index is 2270. The Morgan fingerprint density at radius 2 is 1.05 bits per heavy atom. The number of anilines is 3. The molecule has 0 aliphatic heterocycles. The molecule has 0 fully saturated rings. The number of para-hydroxylation sites is 2. The van der Waals surface area contributed by atoms with E-state index >= 15 is 0 Å². The number of rotatable bonds is 5. The first-order chi connectivity index (χ1) is 21.2. The average Bonchev–Trinajstić information content (AvgIpc) is 3.45. The monoisotopic (exact) mass is 553 g/mol. The van der Waals surface area contributed by atoms with Crippen LogP contribution in [0.4, 0.5) is 17.1 Å². The summed E-state index contributed by atoms with van der Waals surface area (Å²) in [5.41, 5.74) is 8.76. The number of fused-ring (bicyclic) bond motifs is 5. The Morgan fingerprint density at radius 3 is 1.84 bits per heavy atom. The topological polar surface area (TPSA) is 36.6 Å². The number of nitrogens with zero attached hydrogens (tertiary/aromatic N) is 1. The summed E-state index contributed by atoms with van der Waals surface area (Å²) >= 11 is 0. The second-order valence-electron chi connectivity index (χ2n) is 10.7. The third-order valence-electron chi connectivity index (χ3n) is 8.13.